The number of sulfonamides is 1. The molecule has 0 spiro atoms. The van der Waals surface area contributed by atoms with E-state index in [4.69, 9.17) is 0 Å². The van der Waals surface area contributed by atoms with Gasteiger partial charge < -0.3 is 5.11 Å². The SMILES string of the molecule is CCCS(=O)(=O)N1CCCC1CC(O)c1ccccc1. The molecule has 0 radical (unpaired) electrons. The van der Waals surface area contributed by atoms with Crippen molar-refractivity contribution >= 4 is 10.0 Å². The van der Waals surface area contributed by atoms with Crippen LogP contribution < -0.4 is 0 Å². The average Bonchev–Trinajstić information content (AvgIpc) is 2.88. The maximum absolute atomic E-state index is 12.2. The van der Waals surface area contributed by atoms with E-state index in [0.717, 1.165) is 18.4 Å². The molecule has 0 saturated carbocycles. The van der Waals surface area contributed by atoms with Gasteiger partial charge in [0.1, 0.15) is 0 Å². The smallest absolute Gasteiger partial charge is 0.214 e. The van der Waals surface area contributed by atoms with Crippen molar-refractivity contribution in [1.82, 2.24) is 4.31 Å². The zero-order chi connectivity index (χ0) is 14.6. The van der Waals surface area contributed by atoms with E-state index in [-0.39, 0.29) is 11.8 Å². The number of rotatable bonds is 6. The fourth-order valence-corrected chi connectivity index (χ4v) is 4.66. The van der Waals surface area contributed by atoms with Crippen LogP contribution in [-0.2, 0) is 10.0 Å². The second-order valence-electron chi connectivity index (χ2n) is 5.38. The average molecular weight is 297 g/mol. The van der Waals surface area contributed by atoms with E-state index in [9.17, 15) is 13.5 Å². The molecule has 5 heteroatoms. The Morgan fingerprint density at radius 3 is 2.70 bits per heavy atom. The molecule has 20 heavy (non-hydrogen) atoms. The first-order valence-electron chi connectivity index (χ1n) is 7.27. The van der Waals surface area contributed by atoms with Crippen LogP contribution in [0.4, 0.5) is 0 Å². The van der Waals surface area contributed by atoms with Crippen molar-refractivity contribution in [2.45, 2.75) is 44.8 Å². The highest BCUT2D eigenvalue weighted by Gasteiger charge is 2.34. The summed E-state index contributed by atoms with van der Waals surface area (Å²) in [6.45, 7) is 2.47. The number of hydrogen-bond acceptors (Lipinski definition) is 3. The predicted molar refractivity (Wildman–Crippen MR) is 79.8 cm³/mol. The van der Waals surface area contributed by atoms with Crippen LogP contribution in [0, 0.1) is 0 Å². The van der Waals surface area contributed by atoms with Gasteiger partial charge in [-0.3, -0.25) is 0 Å². The maximum Gasteiger partial charge on any atom is 0.214 e. The third-order valence-electron chi connectivity index (χ3n) is 3.82. The van der Waals surface area contributed by atoms with Gasteiger partial charge in [0.05, 0.1) is 11.9 Å². The molecule has 0 aliphatic carbocycles. The summed E-state index contributed by atoms with van der Waals surface area (Å²) >= 11 is 0. The molecule has 1 aromatic carbocycles. The first-order chi connectivity index (χ1) is 9.54. The molecule has 1 N–H and O–H groups in total. The van der Waals surface area contributed by atoms with Crippen molar-refractivity contribution < 1.29 is 13.5 Å². The molecule has 1 saturated heterocycles. The number of hydrogen-bond donors (Lipinski definition) is 1. The first kappa shape index (κ1) is 15.5. The van der Waals surface area contributed by atoms with Gasteiger partial charge in [-0.05, 0) is 31.2 Å². The van der Waals surface area contributed by atoms with Crippen LogP contribution >= 0.6 is 0 Å². The molecule has 1 aromatic rings. The molecule has 112 valence electrons. The summed E-state index contributed by atoms with van der Waals surface area (Å²) in [6.07, 6.45) is 2.24. The highest BCUT2D eigenvalue weighted by atomic mass is 32.2. The van der Waals surface area contributed by atoms with Crippen molar-refractivity contribution in [2.24, 2.45) is 0 Å². The molecular formula is C15H23NO3S. The highest BCUT2D eigenvalue weighted by molar-refractivity contribution is 7.89. The van der Waals surface area contributed by atoms with Gasteiger partial charge in [0.2, 0.25) is 10.0 Å². The molecule has 0 amide bonds. The van der Waals surface area contributed by atoms with Gasteiger partial charge in [-0.1, -0.05) is 37.3 Å². The molecule has 1 fully saturated rings. The lowest BCUT2D eigenvalue weighted by atomic mass is 10.0. The minimum atomic E-state index is -3.16. The Balaban J connectivity index is 2.05. The number of aliphatic hydroxyl groups is 1. The summed E-state index contributed by atoms with van der Waals surface area (Å²) in [5, 5.41) is 10.3. The molecule has 2 rings (SSSR count). The van der Waals surface area contributed by atoms with E-state index in [1.54, 1.807) is 4.31 Å². The van der Waals surface area contributed by atoms with Crippen LogP contribution in [0.5, 0.6) is 0 Å². The second-order valence-corrected chi connectivity index (χ2v) is 7.43. The fourth-order valence-electron chi connectivity index (χ4n) is 2.86. The fraction of sp³-hybridized carbons (Fsp3) is 0.600. The predicted octanol–water partition coefficient (Wildman–Crippen LogP) is 2.31. The largest absolute Gasteiger partial charge is 0.388 e. The molecule has 2 unspecified atom stereocenters. The van der Waals surface area contributed by atoms with E-state index in [1.807, 2.05) is 37.3 Å². The third kappa shape index (κ3) is 3.59. The Bertz CT molecular complexity index is 515. The molecule has 0 aromatic heterocycles. The van der Waals surface area contributed by atoms with E-state index in [1.165, 1.54) is 0 Å². The number of nitrogens with zero attached hydrogens (tertiary/aromatic N) is 1. The normalized spacial score (nSPS) is 22.0. The van der Waals surface area contributed by atoms with E-state index in [0.29, 0.717) is 19.4 Å². The topological polar surface area (TPSA) is 57.6 Å². The Labute approximate surface area is 121 Å². The summed E-state index contributed by atoms with van der Waals surface area (Å²) in [6, 6.07) is 9.37. The highest BCUT2D eigenvalue weighted by Crippen LogP contribution is 2.29. The molecule has 1 aliphatic heterocycles. The molecule has 0 bridgehead atoms. The monoisotopic (exact) mass is 297 g/mol. The van der Waals surface area contributed by atoms with Gasteiger partial charge in [-0.25, -0.2) is 8.42 Å². The number of aliphatic hydroxyl groups excluding tert-OH is 1. The summed E-state index contributed by atoms with van der Waals surface area (Å²) in [5.74, 6) is 0.199. The third-order valence-corrected chi connectivity index (χ3v) is 5.94. The zero-order valence-electron chi connectivity index (χ0n) is 11.9. The summed E-state index contributed by atoms with van der Waals surface area (Å²) in [5.41, 5.74) is 0.854. The van der Waals surface area contributed by atoms with Crippen molar-refractivity contribution in [2.75, 3.05) is 12.3 Å². The number of benzene rings is 1. The quantitative estimate of drug-likeness (QED) is 0.876. The van der Waals surface area contributed by atoms with Gasteiger partial charge in [0.15, 0.2) is 0 Å². The van der Waals surface area contributed by atoms with Crippen LogP contribution in [-0.4, -0.2) is 36.2 Å². The van der Waals surface area contributed by atoms with Crippen LogP contribution in [0.25, 0.3) is 0 Å². The van der Waals surface area contributed by atoms with E-state index < -0.39 is 16.1 Å². The van der Waals surface area contributed by atoms with Gasteiger partial charge >= 0.3 is 0 Å². The van der Waals surface area contributed by atoms with Gasteiger partial charge in [-0.15, -0.1) is 0 Å². The van der Waals surface area contributed by atoms with Gasteiger partial charge in [0.25, 0.3) is 0 Å². The van der Waals surface area contributed by atoms with Crippen molar-refractivity contribution in [3.05, 3.63) is 35.9 Å². The Kier molecular flexibility index (Phi) is 5.18. The Hall–Kier alpha value is -0.910. The van der Waals surface area contributed by atoms with Gasteiger partial charge in [0, 0.05) is 12.6 Å². The lowest BCUT2D eigenvalue weighted by Crippen LogP contribution is -2.37. The lowest BCUT2D eigenvalue weighted by Gasteiger charge is -2.26. The molecule has 1 aliphatic rings. The molecular weight excluding hydrogens is 274 g/mol. The molecule has 1 heterocycles. The second kappa shape index (κ2) is 6.70. The Morgan fingerprint density at radius 2 is 2.05 bits per heavy atom. The van der Waals surface area contributed by atoms with Gasteiger partial charge in [-0.2, -0.15) is 4.31 Å². The van der Waals surface area contributed by atoms with Crippen molar-refractivity contribution in [3.8, 4) is 0 Å². The minimum Gasteiger partial charge on any atom is -0.388 e. The summed E-state index contributed by atoms with van der Waals surface area (Å²) in [4.78, 5) is 0. The van der Waals surface area contributed by atoms with E-state index in [2.05, 4.69) is 0 Å². The maximum atomic E-state index is 12.2. The molecule has 4 nitrogen and oxygen atoms in total. The van der Waals surface area contributed by atoms with Crippen LogP contribution in [0.2, 0.25) is 0 Å². The van der Waals surface area contributed by atoms with E-state index >= 15 is 0 Å². The summed E-state index contributed by atoms with van der Waals surface area (Å²) in [7, 11) is -3.16. The van der Waals surface area contributed by atoms with Crippen LogP contribution in [0.3, 0.4) is 0 Å². The molecule has 2 atom stereocenters. The van der Waals surface area contributed by atoms with Crippen LogP contribution in [0.1, 0.15) is 44.3 Å². The van der Waals surface area contributed by atoms with Crippen LogP contribution in [0.15, 0.2) is 30.3 Å². The minimum absolute atomic E-state index is 0.0678. The van der Waals surface area contributed by atoms with Crippen molar-refractivity contribution in [3.63, 3.8) is 0 Å². The zero-order valence-corrected chi connectivity index (χ0v) is 12.7. The van der Waals surface area contributed by atoms with Crippen molar-refractivity contribution in [1.29, 1.82) is 0 Å². The standard InChI is InChI=1S/C15H23NO3S/c1-2-11-20(18,19)16-10-6-9-14(16)12-15(17)13-7-4-3-5-8-13/h3-5,7-8,14-15,17H,2,6,9-12H2,1H3. The summed E-state index contributed by atoms with van der Waals surface area (Å²) < 4.78 is 26.0. The lowest BCUT2D eigenvalue weighted by molar-refractivity contribution is 0.142. The first-order valence-corrected chi connectivity index (χ1v) is 8.88. The Morgan fingerprint density at radius 1 is 1.35 bits per heavy atom.